The lowest BCUT2D eigenvalue weighted by atomic mass is 9.55. The third kappa shape index (κ3) is 3.17. The summed E-state index contributed by atoms with van der Waals surface area (Å²) < 4.78 is 10.6. The average Bonchev–Trinajstić information content (AvgIpc) is 3.17. The number of hydrogen-bond donors (Lipinski definition) is 2. The van der Waals surface area contributed by atoms with Crippen LogP contribution in [0.3, 0.4) is 0 Å². The Balaban J connectivity index is 1.74. The monoisotopic (exact) mass is 474 g/mol. The van der Waals surface area contributed by atoms with Crippen LogP contribution in [-0.4, -0.2) is 23.3 Å². The SMILES string of the molecule is COC(=O)c1ccc(-c2cc(Cl)cc(C3(C4CCC4)C(C#N)=C(N)Oc4n[nH]c(C)c43)c2)cc1. The van der Waals surface area contributed by atoms with Gasteiger partial charge in [-0.25, -0.2) is 4.79 Å². The molecule has 1 aromatic heterocycles. The highest BCUT2D eigenvalue weighted by Crippen LogP contribution is 2.58. The van der Waals surface area contributed by atoms with Gasteiger partial charge in [-0.05, 0) is 72.7 Å². The Morgan fingerprint density at radius 1 is 1.26 bits per heavy atom. The first kappa shape index (κ1) is 22.1. The van der Waals surface area contributed by atoms with E-state index in [2.05, 4.69) is 16.3 Å². The third-order valence-corrected chi connectivity index (χ3v) is 7.20. The van der Waals surface area contributed by atoms with Crippen molar-refractivity contribution in [3.63, 3.8) is 0 Å². The van der Waals surface area contributed by atoms with Gasteiger partial charge in [0.25, 0.3) is 0 Å². The van der Waals surface area contributed by atoms with Crippen LogP contribution in [0.15, 0.2) is 53.9 Å². The molecule has 2 aliphatic rings. The molecule has 1 unspecified atom stereocenters. The summed E-state index contributed by atoms with van der Waals surface area (Å²) in [5.74, 6) is 0.210. The molecule has 8 heteroatoms. The van der Waals surface area contributed by atoms with Crippen molar-refractivity contribution in [3.8, 4) is 23.1 Å². The van der Waals surface area contributed by atoms with E-state index >= 15 is 0 Å². The zero-order valence-corrected chi connectivity index (χ0v) is 19.6. The minimum Gasteiger partial charge on any atom is -0.465 e. The molecule has 0 bridgehead atoms. The molecule has 1 atom stereocenters. The zero-order chi connectivity index (χ0) is 24.0. The fraction of sp³-hybridized carbons (Fsp3) is 0.269. The number of esters is 1. The van der Waals surface area contributed by atoms with Crippen molar-refractivity contribution < 1.29 is 14.3 Å². The van der Waals surface area contributed by atoms with Crippen LogP contribution >= 0.6 is 11.6 Å². The first-order valence-corrected chi connectivity index (χ1v) is 11.4. The Hall–Kier alpha value is -3.76. The Morgan fingerprint density at radius 2 is 2.00 bits per heavy atom. The smallest absolute Gasteiger partial charge is 0.337 e. The number of halogens is 1. The normalized spacial score (nSPS) is 19.6. The van der Waals surface area contributed by atoms with E-state index < -0.39 is 11.4 Å². The lowest BCUT2D eigenvalue weighted by Gasteiger charge is -2.47. The number of nitrogens with two attached hydrogens (primary N) is 1. The molecular weight excluding hydrogens is 452 g/mol. The molecule has 0 saturated heterocycles. The average molecular weight is 475 g/mol. The van der Waals surface area contributed by atoms with E-state index in [1.165, 1.54) is 7.11 Å². The Bertz CT molecular complexity index is 1370. The number of carbonyl (C=O) groups is 1. The summed E-state index contributed by atoms with van der Waals surface area (Å²) in [6, 6.07) is 15.3. The molecule has 0 amide bonds. The fourth-order valence-electron chi connectivity index (χ4n) is 5.24. The molecule has 34 heavy (non-hydrogen) atoms. The molecule has 0 spiro atoms. The van der Waals surface area contributed by atoms with Crippen molar-refractivity contribution >= 4 is 17.6 Å². The summed E-state index contributed by atoms with van der Waals surface area (Å²) in [7, 11) is 1.35. The minimum atomic E-state index is -0.826. The van der Waals surface area contributed by atoms with E-state index in [0.717, 1.165) is 47.2 Å². The Labute approximate surface area is 202 Å². The number of fused-ring (bicyclic) bond motifs is 1. The van der Waals surface area contributed by atoms with Gasteiger partial charge in [0.15, 0.2) is 0 Å². The molecule has 1 aliphatic heterocycles. The number of nitriles is 1. The van der Waals surface area contributed by atoms with Gasteiger partial charge in [-0.15, -0.1) is 5.10 Å². The van der Waals surface area contributed by atoms with E-state index in [1.54, 1.807) is 12.1 Å². The second-order valence-corrected chi connectivity index (χ2v) is 9.15. The van der Waals surface area contributed by atoms with Gasteiger partial charge in [0.05, 0.1) is 23.7 Å². The number of benzene rings is 2. The van der Waals surface area contributed by atoms with Crippen molar-refractivity contribution in [2.45, 2.75) is 31.6 Å². The van der Waals surface area contributed by atoms with E-state index in [1.807, 2.05) is 37.3 Å². The van der Waals surface area contributed by atoms with E-state index in [4.69, 9.17) is 26.8 Å². The van der Waals surface area contributed by atoms with Gasteiger partial charge in [-0.2, -0.15) is 5.26 Å². The largest absolute Gasteiger partial charge is 0.465 e. The van der Waals surface area contributed by atoms with Crippen LogP contribution in [0.1, 0.15) is 46.4 Å². The number of aromatic nitrogens is 2. The number of allylic oxidation sites excluding steroid dienone is 1. The predicted molar refractivity (Wildman–Crippen MR) is 127 cm³/mol. The lowest BCUT2D eigenvalue weighted by Crippen LogP contribution is -2.46. The highest BCUT2D eigenvalue weighted by molar-refractivity contribution is 6.31. The van der Waals surface area contributed by atoms with E-state index in [-0.39, 0.29) is 11.8 Å². The molecule has 2 aromatic carbocycles. The van der Waals surface area contributed by atoms with Crippen LogP contribution in [0.5, 0.6) is 5.88 Å². The number of rotatable bonds is 4. The number of aryl methyl sites for hydroxylation is 1. The molecule has 0 radical (unpaired) electrons. The van der Waals surface area contributed by atoms with Gasteiger partial charge < -0.3 is 15.2 Å². The molecule has 3 aromatic rings. The number of ether oxygens (including phenoxy) is 2. The maximum absolute atomic E-state index is 11.8. The van der Waals surface area contributed by atoms with Crippen LogP contribution in [0.2, 0.25) is 5.02 Å². The molecule has 1 aliphatic carbocycles. The first-order valence-electron chi connectivity index (χ1n) is 11.0. The second-order valence-electron chi connectivity index (χ2n) is 8.72. The van der Waals surface area contributed by atoms with Crippen LogP contribution in [0.4, 0.5) is 0 Å². The molecule has 2 heterocycles. The molecular formula is C26H23ClN4O3. The number of carbonyl (C=O) groups excluding carboxylic acids is 1. The van der Waals surface area contributed by atoms with Gasteiger partial charge in [-0.1, -0.05) is 30.2 Å². The summed E-state index contributed by atoms with van der Waals surface area (Å²) >= 11 is 6.66. The van der Waals surface area contributed by atoms with E-state index in [0.29, 0.717) is 22.0 Å². The van der Waals surface area contributed by atoms with Gasteiger partial charge in [-0.3, -0.25) is 5.10 Å². The molecule has 1 fully saturated rings. The summed E-state index contributed by atoms with van der Waals surface area (Å²) in [4.78, 5) is 11.8. The van der Waals surface area contributed by atoms with E-state index in [9.17, 15) is 10.1 Å². The molecule has 1 saturated carbocycles. The van der Waals surface area contributed by atoms with Crippen molar-refractivity contribution in [1.29, 1.82) is 5.26 Å². The Kier molecular flexibility index (Phi) is 5.34. The standard InChI is InChI=1S/C26H23ClN4O3/c1-14-22-24(31-30-14)34-23(29)21(13-28)26(22,18-4-3-5-18)19-10-17(11-20(27)12-19)15-6-8-16(9-7-15)25(32)33-2/h6-12,18H,3-5,29H2,1-2H3,(H,30,31). The summed E-state index contributed by atoms with van der Waals surface area (Å²) in [6.07, 6.45) is 2.96. The fourth-order valence-corrected chi connectivity index (χ4v) is 5.47. The Morgan fingerprint density at radius 3 is 2.62 bits per heavy atom. The third-order valence-electron chi connectivity index (χ3n) is 6.98. The number of H-pyrrole nitrogens is 1. The zero-order valence-electron chi connectivity index (χ0n) is 18.8. The van der Waals surface area contributed by atoms with Gasteiger partial charge in [0.2, 0.25) is 11.8 Å². The number of aromatic amines is 1. The van der Waals surface area contributed by atoms with Crippen molar-refractivity contribution in [1.82, 2.24) is 10.2 Å². The summed E-state index contributed by atoms with van der Waals surface area (Å²) in [5, 5.41) is 18.1. The first-order chi connectivity index (χ1) is 16.4. The van der Waals surface area contributed by atoms with Crippen LogP contribution in [0.25, 0.3) is 11.1 Å². The highest BCUT2D eigenvalue weighted by atomic mass is 35.5. The van der Waals surface area contributed by atoms with Crippen LogP contribution < -0.4 is 10.5 Å². The molecule has 7 nitrogen and oxygen atoms in total. The van der Waals surface area contributed by atoms with Gasteiger partial charge >= 0.3 is 5.97 Å². The van der Waals surface area contributed by atoms with Gasteiger partial charge in [0, 0.05) is 10.7 Å². The maximum atomic E-state index is 11.8. The number of nitrogens with zero attached hydrogens (tertiary/aromatic N) is 2. The second kappa shape index (κ2) is 8.23. The molecule has 5 rings (SSSR count). The van der Waals surface area contributed by atoms with Crippen molar-refractivity contribution in [2.75, 3.05) is 7.11 Å². The molecule has 3 N–H and O–H groups in total. The lowest BCUT2D eigenvalue weighted by molar-refractivity contribution is 0.0600. The maximum Gasteiger partial charge on any atom is 0.337 e. The van der Waals surface area contributed by atoms with Crippen molar-refractivity contribution in [3.05, 3.63) is 81.3 Å². The van der Waals surface area contributed by atoms with Crippen molar-refractivity contribution in [2.24, 2.45) is 11.7 Å². The number of nitrogens with one attached hydrogen (secondary N) is 1. The van der Waals surface area contributed by atoms with Gasteiger partial charge in [0.1, 0.15) is 11.6 Å². The summed E-state index contributed by atoms with van der Waals surface area (Å²) in [6.45, 7) is 1.93. The van der Waals surface area contributed by atoms with Crippen LogP contribution in [0, 0.1) is 24.2 Å². The number of methoxy groups -OCH3 is 1. The minimum absolute atomic E-state index is 0.0670. The predicted octanol–water partition coefficient (Wildman–Crippen LogP) is 5.00. The number of hydrogen-bond acceptors (Lipinski definition) is 6. The summed E-state index contributed by atoms with van der Waals surface area (Å²) in [5.41, 5.74) is 10.6. The topological polar surface area (TPSA) is 114 Å². The quantitative estimate of drug-likeness (QED) is 0.514. The van der Waals surface area contributed by atoms with Crippen LogP contribution in [-0.2, 0) is 10.2 Å². The molecule has 172 valence electrons. The highest BCUT2D eigenvalue weighted by Gasteiger charge is 2.54.